The van der Waals surface area contributed by atoms with Crippen molar-refractivity contribution in [3.63, 3.8) is 0 Å². The Balaban J connectivity index is 1.76. The van der Waals surface area contributed by atoms with E-state index in [0.29, 0.717) is 12.4 Å². The number of para-hydroxylation sites is 1. The molecule has 2 aromatic carbocycles. The second-order valence-corrected chi connectivity index (χ2v) is 5.37. The van der Waals surface area contributed by atoms with Crippen LogP contribution in [0.1, 0.15) is 16.9 Å². The molecule has 23 heavy (non-hydrogen) atoms. The number of benzene rings is 2. The van der Waals surface area contributed by atoms with Crippen molar-refractivity contribution in [2.75, 3.05) is 7.11 Å². The van der Waals surface area contributed by atoms with Crippen LogP contribution in [0.25, 0.3) is 11.3 Å². The van der Waals surface area contributed by atoms with Crippen LogP contribution in [0.2, 0.25) is 0 Å². The summed E-state index contributed by atoms with van der Waals surface area (Å²) in [6.07, 6.45) is 0. The van der Waals surface area contributed by atoms with E-state index in [2.05, 4.69) is 18.1 Å². The molecule has 4 nitrogen and oxygen atoms in total. The smallest absolute Gasteiger partial charge is 0.174 e. The minimum Gasteiger partial charge on any atom is -0.496 e. The zero-order valence-corrected chi connectivity index (χ0v) is 13.5. The largest absolute Gasteiger partial charge is 0.496 e. The van der Waals surface area contributed by atoms with Crippen LogP contribution in [-0.4, -0.2) is 12.3 Å². The fraction of sp³-hybridized carbons (Fsp3) is 0.211. The first-order valence-electron chi connectivity index (χ1n) is 7.47. The molecular weight excluding hydrogens is 290 g/mol. The Bertz CT molecular complexity index is 808. The topological polar surface area (TPSA) is 44.5 Å². The summed E-state index contributed by atoms with van der Waals surface area (Å²) >= 11 is 0. The molecule has 0 atom stereocenters. The maximum absolute atomic E-state index is 5.84. The van der Waals surface area contributed by atoms with Gasteiger partial charge in [-0.05, 0) is 43.2 Å². The highest BCUT2D eigenvalue weighted by molar-refractivity contribution is 5.66. The number of aryl methyl sites for hydroxylation is 1. The second-order valence-electron chi connectivity index (χ2n) is 5.37. The van der Waals surface area contributed by atoms with Crippen LogP contribution in [0.5, 0.6) is 11.5 Å². The van der Waals surface area contributed by atoms with Crippen molar-refractivity contribution in [1.82, 2.24) is 5.16 Å². The molecule has 0 fully saturated rings. The molecule has 4 heteroatoms. The Kier molecular flexibility index (Phi) is 4.33. The second kappa shape index (κ2) is 6.57. The normalized spacial score (nSPS) is 10.6. The van der Waals surface area contributed by atoms with Gasteiger partial charge >= 0.3 is 0 Å². The summed E-state index contributed by atoms with van der Waals surface area (Å²) in [7, 11) is 1.64. The summed E-state index contributed by atoms with van der Waals surface area (Å²) in [6, 6.07) is 15.6. The number of rotatable bonds is 5. The number of aromatic nitrogens is 1. The molecule has 0 aliphatic heterocycles. The predicted octanol–water partition coefficient (Wildman–Crippen LogP) is 4.55. The third-order valence-electron chi connectivity index (χ3n) is 3.87. The number of nitrogens with zero attached hydrogens (tertiary/aromatic N) is 1. The third kappa shape index (κ3) is 3.21. The number of ether oxygens (including phenoxy) is 2. The van der Waals surface area contributed by atoms with Gasteiger partial charge in [0.25, 0.3) is 0 Å². The van der Waals surface area contributed by atoms with Gasteiger partial charge in [-0.3, -0.25) is 0 Å². The van der Waals surface area contributed by atoms with E-state index in [0.717, 1.165) is 28.3 Å². The maximum Gasteiger partial charge on any atom is 0.174 e. The van der Waals surface area contributed by atoms with Crippen LogP contribution in [0.15, 0.2) is 53.1 Å². The van der Waals surface area contributed by atoms with E-state index in [1.54, 1.807) is 7.11 Å². The van der Waals surface area contributed by atoms with Crippen molar-refractivity contribution >= 4 is 0 Å². The molecule has 118 valence electrons. The van der Waals surface area contributed by atoms with Crippen molar-refractivity contribution in [2.45, 2.75) is 20.5 Å². The summed E-state index contributed by atoms with van der Waals surface area (Å²) < 4.78 is 16.6. The lowest BCUT2D eigenvalue weighted by molar-refractivity contribution is 0.248. The number of methoxy groups -OCH3 is 1. The quantitative estimate of drug-likeness (QED) is 0.694. The van der Waals surface area contributed by atoms with Crippen LogP contribution in [0.3, 0.4) is 0 Å². The number of hydrogen-bond acceptors (Lipinski definition) is 4. The van der Waals surface area contributed by atoms with Gasteiger partial charge in [0.15, 0.2) is 5.76 Å². The summed E-state index contributed by atoms with van der Waals surface area (Å²) in [5.74, 6) is 2.30. The van der Waals surface area contributed by atoms with Crippen molar-refractivity contribution < 1.29 is 14.0 Å². The van der Waals surface area contributed by atoms with Gasteiger partial charge in [0.05, 0.1) is 7.11 Å². The van der Waals surface area contributed by atoms with E-state index in [4.69, 9.17) is 14.0 Å². The third-order valence-corrected chi connectivity index (χ3v) is 3.87. The molecule has 3 rings (SSSR count). The fourth-order valence-electron chi connectivity index (χ4n) is 2.39. The first-order valence-corrected chi connectivity index (χ1v) is 7.47. The average Bonchev–Trinajstić information content (AvgIpc) is 3.05. The lowest BCUT2D eigenvalue weighted by Gasteiger charge is -2.08. The standard InChI is InChI=1S/C19H19NO3/c1-13-7-6-10-18(14(13)2)22-12-15-11-17(20-23-15)16-8-4-5-9-19(16)21-3/h4-11H,12H2,1-3H3. The van der Waals surface area contributed by atoms with Crippen LogP contribution < -0.4 is 9.47 Å². The van der Waals surface area contributed by atoms with Gasteiger partial charge in [0.2, 0.25) is 0 Å². The van der Waals surface area contributed by atoms with Gasteiger partial charge in [-0.25, -0.2) is 0 Å². The Morgan fingerprint density at radius 2 is 1.78 bits per heavy atom. The molecule has 0 amide bonds. The van der Waals surface area contributed by atoms with Crippen molar-refractivity contribution in [3.8, 4) is 22.8 Å². The first-order chi connectivity index (χ1) is 11.2. The molecule has 3 aromatic rings. The molecule has 1 aromatic heterocycles. The van der Waals surface area contributed by atoms with E-state index in [-0.39, 0.29) is 0 Å². The summed E-state index contributed by atoms with van der Waals surface area (Å²) in [5.41, 5.74) is 3.98. The van der Waals surface area contributed by atoms with E-state index < -0.39 is 0 Å². The van der Waals surface area contributed by atoms with Gasteiger partial charge in [0, 0.05) is 11.6 Å². The van der Waals surface area contributed by atoms with Crippen molar-refractivity contribution in [2.24, 2.45) is 0 Å². The number of hydrogen-bond donors (Lipinski definition) is 0. The average molecular weight is 309 g/mol. The fourth-order valence-corrected chi connectivity index (χ4v) is 2.39. The molecular formula is C19H19NO3. The highest BCUT2D eigenvalue weighted by atomic mass is 16.5. The van der Waals surface area contributed by atoms with E-state index >= 15 is 0 Å². The summed E-state index contributed by atoms with van der Waals surface area (Å²) in [6.45, 7) is 4.45. The Morgan fingerprint density at radius 3 is 2.61 bits per heavy atom. The molecule has 0 bridgehead atoms. The van der Waals surface area contributed by atoms with Crippen molar-refractivity contribution in [1.29, 1.82) is 0 Å². The summed E-state index contributed by atoms with van der Waals surface area (Å²) in [5, 5.41) is 4.11. The predicted molar refractivity (Wildman–Crippen MR) is 88.7 cm³/mol. The van der Waals surface area contributed by atoms with Gasteiger partial charge in [-0.2, -0.15) is 0 Å². The van der Waals surface area contributed by atoms with E-state index in [1.807, 2.05) is 49.4 Å². The molecule has 0 saturated heterocycles. The maximum atomic E-state index is 5.84. The van der Waals surface area contributed by atoms with Gasteiger partial charge in [-0.1, -0.05) is 29.4 Å². The molecule has 0 unspecified atom stereocenters. The van der Waals surface area contributed by atoms with E-state index in [9.17, 15) is 0 Å². The van der Waals surface area contributed by atoms with Gasteiger partial charge < -0.3 is 14.0 Å². The van der Waals surface area contributed by atoms with Gasteiger partial charge in [0.1, 0.15) is 23.8 Å². The Labute approximate surface area is 135 Å². The molecule has 1 heterocycles. The first kappa shape index (κ1) is 15.2. The van der Waals surface area contributed by atoms with Crippen molar-refractivity contribution in [3.05, 3.63) is 65.4 Å². The Morgan fingerprint density at radius 1 is 1.00 bits per heavy atom. The van der Waals surface area contributed by atoms with Crippen LogP contribution >= 0.6 is 0 Å². The Hall–Kier alpha value is -2.75. The van der Waals surface area contributed by atoms with Crippen LogP contribution in [0.4, 0.5) is 0 Å². The summed E-state index contributed by atoms with van der Waals surface area (Å²) in [4.78, 5) is 0. The molecule has 0 N–H and O–H groups in total. The molecule has 0 aliphatic rings. The zero-order chi connectivity index (χ0) is 16.2. The lowest BCUT2D eigenvalue weighted by Crippen LogP contribution is -1.96. The zero-order valence-electron chi connectivity index (χ0n) is 13.5. The molecule has 0 aliphatic carbocycles. The highest BCUT2D eigenvalue weighted by Gasteiger charge is 2.12. The SMILES string of the molecule is COc1ccccc1-c1cc(COc2cccc(C)c2C)on1. The molecule has 0 spiro atoms. The monoisotopic (exact) mass is 309 g/mol. The van der Waals surface area contributed by atoms with Gasteiger partial charge in [-0.15, -0.1) is 0 Å². The lowest BCUT2D eigenvalue weighted by atomic mass is 10.1. The molecule has 0 saturated carbocycles. The highest BCUT2D eigenvalue weighted by Crippen LogP contribution is 2.29. The van der Waals surface area contributed by atoms with Crippen LogP contribution in [0, 0.1) is 13.8 Å². The minimum atomic E-state index is 0.340. The van der Waals surface area contributed by atoms with E-state index in [1.165, 1.54) is 5.56 Å². The minimum absolute atomic E-state index is 0.340. The van der Waals surface area contributed by atoms with Crippen LogP contribution in [-0.2, 0) is 6.61 Å². The molecule has 0 radical (unpaired) electrons.